The van der Waals surface area contributed by atoms with E-state index in [0.717, 1.165) is 29.3 Å². The molecule has 2 heterocycles. The minimum atomic E-state index is 0.206. The molecule has 1 aliphatic rings. The zero-order chi connectivity index (χ0) is 13.2. The van der Waals surface area contributed by atoms with E-state index in [2.05, 4.69) is 16.0 Å². The highest BCUT2D eigenvalue weighted by Crippen LogP contribution is 2.30. The number of alkyl halides is 1. The molecule has 4 heteroatoms. The second kappa shape index (κ2) is 5.17. The Bertz CT molecular complexity index is 600. The average molecular weight is 275 g/mol. The first kappa shape index (κ1) is 12.4. The monoisotopic (exact) mass is 274 g/mol. The summed E-state index contributed by atoms with van der Waals surface area (Å²) in [6.45, 7) is 2.61. The number of aromatic nitrogens is 2. The fourth-order valence-electron chi connectivity index (χ4n) is 2.32. The molecule has 1 aromatic heterocycles. The minimum Gasteiger partial charge on any atom is -0.493 e. The summed E-state index contributed by atoms with van der Waals surface area (Å²) in [7, 11) is 0. The molecule has 1 unspecified atom stereocenters. The van der Waals surface area contributed by atoms with Crippen molar-refractivity contribution in [3.63, 3.8) is 0 Å². The molecule has 0 bridgehead atoms. The van der Waals surface area contributed by atoms with E-state index in [1.165, 1.54) is 5.56 Å². The lowest BCUT2D eigenvalue weighted by Crippen LogP contribution is -2.21. The highest BCUT2D eigenvalue weighted by molar-refractivity contribution is 6.16. The van der Waals surface area contributed by atoms with Crippen LogP contribution in [0.2, 0.25) is 0 Å². The van der Waals surface area contributed by atoms with Crippen LogP contribution in [0.3, 0.4) is 0 Å². The lowest BCUT2D eigenvalue weighted by molar-refractivity contribution is 0.257. The molecule has 0 spiro atoms. The zero-order valence-electron chi connectivity index (χ0n) is 10.8. The molecule has 2 aromatic rings. The Labute approximate surface area is 117 Å². The molecule has 19 heavy (non-hydrogen) atoms. The van der Waals surface area contributed by atoms with E-state index >= 15 is 0 Å². The number of hydrogen-bond donors (Lipinski definition) is 0. The van der Waals surface area contributed by atoms with Gasteiger partial charge in [-0.3, -0.25) is 0 Å². The number of hydrogen-bond acceptors (Lipinski definition) is 3. The van der Waals surface area contributed by atoms with Crippen LogP contribution < -0.4 is 4.74 Å². The van der Waals surface area contributed by atoms with Crippen molar-refractivity contribution in [1.29, 1.82) is 0 Å². The summed E-state index contributed by atoms with van der Waals surface area (Å²) in [6.07, 6.45) is 2.77. The maximum atomic E-state index is 5.90. The number of fused-ring (bicyclic) bond motifs is 1. The fraction of sp³-hybridized carbons (Fsp3) is 0.333. The number of nitrogens with zero attached hydrogens (tertiary/aromatic N) is 2. The van der Waals surface area contributed by atoms with Crippen molar-refractivity contribution in [2.24, 2.45) is 0 Å². The molecule has 0 N–H and O–H groups in total. The maximum absolute atomic E-state index is 5.90. The third kappa shape index (κ3) is 2.43. The molecular formula is C15H15ClN2O. The molecule has 0 fully saturated rings. The van der Waals surface area contributed by atoms with Crippen LogP contribution >= 0.6 is 11.6 Å². The van der Waals surface area contributed by atoms with E-state index in [4.69, 9.17) is 16.3 Å². The van der Waals surface area contributed by atoms with Crippen LogP contribution in [-0.2, 0) is 12.3 Å². The predicted molar refractivity (Wildman–Crippen MR) is 74.7 cm³/mol. The third-order valence-electron chi connectivity index (χ3n) is 3.47. The Morgan fingerprint density at radius 3 is 3.05 bits per heavy atom. The summed E-state index contributed by atoms with van der Waals surface area (Å²) in [4.78, 5) is 9.00. The van der Waals surface area contributed by atoms with Gasteiger partial charge in [0.1, 0.15) is 11.6 Å². The maximum Gasteiger partial charge on any atom is 0.135 e. The smallest absolute Gasteiger partial charge is 0.135 e. The quantitative estimate of drug-likeness (QED) is 0.789. The summed E-state index contributed by atoms with van der Waals surface area (Å²) < 4.78 is 5.78. The molecule has 1 atom stereocenters. The minimum absolute atomic E-state index is 0.206. The average Bonchev–Trinajstić information content (AvgIpc) is 2.47. The van der Waals surface area contributed by atoms with Crippen molar-refractivity contribution in [3.05, 3.63) is 53.1 Å². The van der Waals surface area contributed by atoms with E-state index in [-0.39, 0.29) is 5.92 Å². The Hall–Kier alpha value is -1.61. The molecule has 98 valence electrons. The number of para-hydroxylation sites is 1. The molecular weight excluding hydrogens is 260 g/mol. The molecule has 0 radical (unpaired) electrons. The second-order valence-electron chi connectivity index (χ2n) is 4.81. The fourth-order valence-corrected chi connectivity index (χ4v) is 2.59. The normalized spacial score (nSPS) is 17.7. The highest BCUT2D eigenvalue weighted by Gasteiger charge is 2.23. The van der Waals surface area contributed by atoms with Crippen LogP contribution in [0.1, 0.15) is 28.6 Å². The van der Waals surface area contributed by atoms with Gasteiger partial charge in [-0.05, 0) is 30.5 Å². The van der Waals surface area contributed by atoms with Gasteiger partial charge in [0.05, 0.1) is 24.1 Å². The molecule has 1 aliphatic heterocycles. The van der Waals surface area contributed by atoms with Crippen molar-refractivity contribution in [2.75, 3.05) is 6.61 Å². The molecule has 0 aliphatic carbocycles. The first-order valence-electron chi connectivity index (χ1n) is 6.37. The Morgan fingerprint density at radius 1 is 1.37 bits per heavy atom. The standard InChI is InChI=1S/C15H15ClN2O/c1-10-8-17-15(18-13(10)7-16)12-6-11-4-2-3-5-14(11)19-9-12/h2-5,8,12H,6-7,9H2,1H3. The van der Waals surface area contributed by atoms with E-state index in [9.17, 15) is 0 Å². The van der Waals surface area contributed by atoms with Gasteiger partial charge < -0.3 is 4.74 Å². The number of halogens is 1. The topological polar surface area (TPSA) is 35.0 Å². The third-order valence-corrected chi connectivity index (χ3v) is 3.72. The van der Waals surface area contributed by atoms with Gasteiger partial charge in [0.2, 0.25) is 0 Å². The van der Waals surface area contributed by atoms with Gasteiger partial charge >= 0.3 is 0 Å². The van der Waals surface area contributed by atoms with E-state index < -0.39 is 0 Å². The van der Waals surface area contributed by atoms with Gasteiger partial charge in [0.25, 0.3) is 0 Å². The van der Waals surface area contributed by atoms with Crippen LogP contribution in [0.25, 0.3) is 0 Å². The number of benzene rings is 1. The highest BCUT2D eigenvalue weighted by atomic mass is 35.5. The first-order chi connectivity index (χ1) is 9.28. The van der Waals surface area contributed by atoms with Crippen LogP contribution in [0.5, 0.6) is 5.75 Å². The SMILES string of the molecule is Cc1cnc(C2COc3ccccc3C2)nc1CCl. The van der Waals surface area contributed by atoms with Gasteiger partial charge in [0.15, 0.2) is 0 Å². The van der Waals surface area contributed by atoms with E-state index in [0.29, 0.717) is 12.5 Å². The van der Waals surface area contributed by atoms with Crippen LogP contribution in [0.15, 0.2) is 30.5 Å². The van der Waals surface area contributed by atoms with Gasteiger partial charge in [-0.15, -0.1) is 11.6 Å². The summed E-state index contributed by atoms with van der Waals surface area (Å²) in [5, 5.41) is 0. The number of ether oxygens (including phenoxy) is 1. The van der Waals surface area contributed by atoms with Gasteiger partial charge in [-0.25, -0.2) is 9.97 Å². The lowest BCUT2D eigenvalue weighted by atomic mass is 9.96. The summed E-state index contributed by atoms with van der Waals surface area (Å²) in [5.74, 6) is 2.43. The summed E-state index contributed by atoms with van der Waals surface area (Å²) in [6, 6.07) is 8.13. The Morgan fingerprint density at radius 2 is 2.21 bits per heavy atom. The molecule has 1 aromatic carbocycles. The van der Waals surface area contributed by atoms with Crippen molar-refractivity contribution in [2.45, 2.75) is 25.1 Å². The zero-order valence-corrected chi connectivity index (χ0v) is 11.5. The van der Waals surface area contributed by atoms with Crippen LogP contribution in [0.4, 0.5) is 0 Å². The van der Waals surface area contributed by atoms with Crippen LogP contribution in [-0.4, -0.2) is 16.6 Å². The second-order valence-corrected chi connectivity index (χ2v) is 5.08. The number of aryl methyl sites for hydroxylation is 1. The van der Waals surface area contributed by atoms with Gasteiger partial charge in [-0.2, -0.15) is 0 Å². The predicted octanol–water partition coefficient (Wildman–Crippen LogP) is 3.24. The van der Waals surface area contributed by atoms with Crippen molar-refractivity contribution in [1.82, 2.24) is 9.97 Å². The van der Waals surface area contributed by atoms with E-state index in [1.807, 2.05) is 31.3 Å². The summed E-state index contributed by atoms with van der Waals surface area (Å²) in [5.41, 5.74) is 3.16. The lowest BCUT2D eigenvalue weighted by Gasteiger charge is -2.24. The Kier molecular flexibility index (Phi) is 3.38. The van der Waals surface area contributed by atoms with Gasteiger partial charge in [0, 0.05) is 6.20 Å². The van der Waals surface area contributed by atoms with Crippen molar-refractivity contribution in [3.8, 4) is 5.75 Å². The largest absolute Gasteiger partial charge is 0.493 e. The van der Waals surface area contributed by atoms with Crippen molar-refractivity contribution >= 4 is 11.6 Å². The first-order valence-corrected chi connectivity index (χ1v) is 6.90. The molecule has 0 amide bonds. The van der Waals surface area contributed by atoms with E-state index in [1.54, 1.807) is 0 Å². The molecule has 3 rings (SSSR count). The Balaban J connectivity index is 1.89. The van der Waals surface area contributed by atoms with Crippen molar-refractivity contribution < 1.29 is 4.74 Å². The molecule has 3 nitrogen and oxygen atoms in total. The molecule has 0 saturated heterocycles. The van der Waals surface area contributed by atoms with Crippen LogP contribution in [0, 0.1) is 6.92 Å². The van der Waals surface area contributed by atoms with Gasteiger partial charge in [-0.1, -0.05) is 18.2 Å². The molecule has 0 saturated carbocycles. The number of rotatable bonds is 2. The summed E-state index contributed by atoms with van der Waals surface area (Å²) >= 11 is 5.90.